The molecule has 6 heteroatoms. The number of rotatable bonds is 5. The lowest BCUT2D eigenvalue weighted by atomic mass is 10.1. The van der Waals surface area contributed by atoms with Gasteiger partial charge in [-0.3, -0.25) is 0 Å². The zero-order chi connectivity index (χ0) is 21.4. The van der Waals surface area contributed by atoms with Crippen molar-refractivity contribution >= 4 is 16.7 Å². The molecular formula is C25H22FN5. The van der Waals surface area contributed by atoms with Crippen LogP contribution in [0.15, 0.2) is 85.5 Å². The maximum Gasteiger partial charge on any atom is 0.149 e. The summed E-state index contributed by atoms with van der Waals surface area (Å²) in [5, 5.41) is 0. The van der Waals surface area contributed by atoms with Crippen molar-refractivity contribution in [2.24, 2.45) is 0 Å². The molecule has 0 N–H and O–H groups in total. The van der Waals surface area contributed by atoms with E-state index in [4.69, 9.17) is 4.98 Å². The second kappa shape index (κ2) is 7.72. The van der Waals surface area contributed by atoms with Crippen LogP contribution in [0.25, 0.3) is 28.1 Å². The highest BCUT2D eigenvalue weighted by Gasteiger charge is 2.17. The van der Waals surface area contributed by atoms with Gasteiger partial charge >= 0.3 is 0 Å². The number of fused-ring (bicyclic) bond motifs is 1. The second-order valence-corrected chi connectivity index (χ2v) is 7.71. The third-order valence-electron chi connectivity index (χ3n) is 5.42. The number of anilines is 1. The molecule has 5 aromatic rings. The van der Waals surface area contributed by atoms with Crippen LogP contribution in [-0.4, -0.2) is 33.2 Å². The largest absolute Gasteiger partial charge is 0.378 e. The van der Waals surface area contributed by atoms with Crippen LogP contribution in [0.1, 0.15) is 5.56 Å². The Hall–Kier alpha value is -3.93. The third kappa shape index (κ3) is 3.57. The third-order valence-corrected chi connectivity index (χ3v) is 5.42. The first-order valence-electron chi connectivity index (χ1n) is 10.1. The average molecular weight is 411 g/mol. The van der Waals surface area contributed by atoms with Crippen molar-refractivity contribution < 1.29 is 4.39 Å². The molecule has 0 unspecified atom stereocenters. The number of hydrogen-bond acceptors (Lipinski definition) is 3. The van der Waals surface area contributed by atoms with Gasteiger partial charge in [-0.05, 0) is 35.9 Å². The zero-order valence-corrected chi connectivity index (χ0v) is 17.4. The zero-order valence-electron chi connectivity index (χ0n) is 17.4. The molecule has 0 saturated carbocycles. The minimum absolute atomic E-state index is 0.329. The predicted octanol–water partition coefficient (Wildman–Crippen LogP) is 5.14. The van der Waals surface area contributed by atoms with Gasteiger partial charge in [0.25, 0.3) is 0 Å². The van der Waals surface area contributed by atoms with Crippen LogP contribution in [0.2, 0.25) is 0 Å². The number of nitrogens with zero attached hydrogens (tertiary/aromatic N) is 5. The first-order chi connectivity index (χ1) is 15.1. The van der Waals surface area contributed by atoms with Gasteiger partial charge < -0.3 is 14.0 Å². The predicted molar refractivity (Wildman–Crippen MR) is 122 cm³/mol. The molecule has 0 spiro atoms. The summed E-state index contributed by atoms with van der Waals surface area (Å²) in [6.45, 7) is 0.636. The lowest BCUT2D eigenvalue weighted by Crippen LogP contribution is -2.08. The van der Waals surface area contributed by atoms with Gasteiger partial charge in [-0.1, -0.05) is 30.3 Å². The normalized spacial score (nSPS) is 11.2. The Kier molecular flexibility index (Phi) is 4.75. The van der Waals surface area contributed by atoms with Gasteiger partial charge in [-0.15, -0.1) is 0 Å². The molecule has 5 rings (SSSR count). The van der Waals surface area contributed by atoms with E-state index in [2.05, 4.69) is 50.8 Å². The molecule has 0 amide bonds. The first-order valence-corrected chi connectivity index (χ1v) is 10.1. The number of hydrogen-bond donors (Lipinski definition) is 0. The van der Waals surface area contributed by atoms with Crippen LogP contribution < -0.4 is 4.90 Å². The minimum Gasteiger partial charge on any atom is -0.378 e. The van der Waals surface area contributed by atoms with Gasteiger partial charge in [0, 0.05) is 50.4 Å². The highest BCUT2D eigenvalue weighted by atomic mass is 19.1. The Morgan fingerprint density at radius 3 is 2.42 bits per heavy atom. The van der Waals surface area contributed by atoms with Gasteiger partial charge in [0.15, 0.2) is 0 Å². The standard InChI is InChI=1S/C25H22FN5/c1-29(2)20-10-8-19(9-11-20)25-28-22-14-21(26)23(30-13-12-27-17-30)15-24(22)31(25)16-18-6-4-3-5-7-18/h3-15,17H,16H2,1-2H3. The van der Waals surface area contributed by atoms with Crippen molar-refractivity contribution in [2.75, 3.05) is 19.0 Å². The molecule has 0 atom stereocenters. The summed E-state index contributed by atoms with van der Waals surface area (Å²) in [4.78, 5) is 10.9. The lowest BCUT2D eigenvalue weighted by molar-refractivity contribution is 0.619. The topological polar surface area (TPSA) is 38.9 Å². The molecule has 0 aliphatic carbocycles. The monoisotopic (exact) mass is 411 g/mol. The molecule has 2 aromatic heterocycles. The SMILES string of the molecule is CN(C)c1ccc(-c2nc3cc(F)c(-n4ccnc4)cc3n2Cc2ccccc2)cc1. The van der Waals surface area contributed by atoms with E-state index in [0.29, 0.717) is 17.7 Å². The quantitative estimate of drug-likeness (QED) is 0.402. The highest BCUT2D eigenvalue weighted by Crippen LogP contribution is 2.30. The van der Waals surface area contributed by atoms with Crippen LogP contribution in [-0.2, 0) is 6.54 Å². The molecule has 0 fully saturated rings. The van der Waals surface area contributed by atoms with Crippen LogP contribution in [0.3, 0.4) is 0 Å². The summed E-state index contributed by atoms with van der Waals surface area (Å²) in [6, 6.07) is 21.8. The molecule has 154 valence electrons. The number of halogens is 1. The smallest absolute Gasteiger partial charge is 0.149 e. The van der Waals surface area contributed by atoms with Crippen molar-refractivity contribution in [3.63, 3.8) is 0 Å². The summed E-state index contributed by atoms with van der Waals surface area (Å²) >= 11 is 0. The molecule has 0 bridgehead atoms. The van der Waals surface area contributed by atoms with E-state index in [9.17, 15) is 4.39 Å². The Labute approximate surface area is 180 Å². The average Bonchev–Trinajstić information content (AvgIpc) is 3.42. The van der Waals surface area contributed by atoms with Gasteiger partial charge in [0.2, 0.25) is 0 Å². The molecule has 3 aromatic carbocycles. The molecule has 0 aliphatic heterocycles. The molecule has 0 radical (unpaired) electrons. The van der Waals surface area contributed by atoms with E-state index in [1.54, 1.807) is 23.3 Å². The molecule has 31 heavy (non-hydrogen) atoms. The summed E-state index contributed by atoms with van der Waals surface area (Å²) in [6.07, 6.45) is 4.98. The van der Waals surface area contributed by atoms with Crippen molar-refractivity contribution in [3.05, 3.63) is 96.8 Å². The van der Waals surface area contributed by atoms with E-state index in [-0.39, 0.29) is 5.82 Å². The fraction of sp³-hybridized carbons (Fsp3) is 0.120. The summed E-state index contributed by atoms with van der Waals surface area (Å²) < 4.78 is 18.7. The number of aromatic nitrogens is 4. The van der Waals surface area contributed by atoms with Crippen LogP contribution in [0.5, 0.6) is 0 Å². The van der Waals surface area contributed by atoms with E-state index >= 15 is 0 Å². The van der Waals surface area contributed by atoms with Gasteiger partial charge in [-0.2, -0.15) is 0 Å². The Morgan fingerprint density at radius 2 is 1.74 bits per heavy atom. The summed E-state index contributed by atoms with van der Waals surface area (Å²) in [5.41, 5.74) is 5.21. The maximum absolute atomic E-state index is 14.9. The molecule has 5 nitrogen and oxygen atoms in total. The van der Waals surface area contributed by atoms with Crippen LogP contribution in [0, 0.1) is 5.82 Å². The fourth-order valence-electron chi connectivity index (χ4n) is 3.79. The Balaban J connectivity index is 1.71. The fourth-order valence-corrected chi connectivity index (χ4v) is 3.79. The van der Waals surface area contributed by atoms with Crippen LogP contribution >= 0.6 is 0 Å². The summed E-state index contributed by atoms with van der Waals surface area (Å²) in [5.74, 6) is 0.482. The minimum atomic E-state index is -0.329. The molecular weight excluding hydrogens is 389 g/mol. The lowest BCUT2D eigenvalue weighted by Gasteiger charge is -2.14. The Bertz CT molecular complexity index is 1320. The van der Waals surface area contributed by atoms with Gasteiger partial charge in [0.1, 0.15) is 11.6 Å². The molecule has 0 saturated heterocycles. The maximum atomic E-state index is 14.9. The molecule has 0 aliphatic rings. The van der Waals surface area contributed by atoms with E-state index in [0.717, 1.165) is 28.2 Å². The van der Waals surface area contributed by atoms with Crippen molar-refractivity contribution in [1.29, 1.82) is 0 Å². The number of imidazole rings is 2. The first kappa shape index (κ1) is 19.1. The van der Waals surface area contributed by atoms with E-state index in [1.165, 1.54) is 6.07 Å². The molecule has 2 heterocycles. The second-order valence-electron chi connectivity index (χ2n) is 7.71. The van der Waals surface area contributed by atoms with Gasteiger partial charge in [-0.25, -0.2) is 14.4 Å². The van der Waals surface area contributed by atoms with Crippen LogP contribution in [0.4, 0.5) is 10.1 Å². The number of benzene rings is 3. The highest BCUT2D eigenvalue weighted by molar-refractivity contribution is 5.83. The van der Waals surface area contributed by atoms with Crippen molar-refractivity contribution in [2.45, 2.75) is 6.54 Å². The Morgan fingerprint density at radius 1 is 0.968 bits per heavy atom. The summed E-state index contributed by atoms with van der Waals surface area (Å²) in [7, 11) is 4.03. The van der Waals surface area contributed by atoms with E-state index in [1.807, 2.05) is 38.4 Å². The van der Waals surface area contributed by atoms with E-state index < -0.39 is 0 Å². The van der Waals surface area contributed by atoms with Crippen molar-refractivity contribution in [1.82, 2.24) is 19.1 Å². The van der Waals surface area contributed by atoms with Crippen molar-refractivity contribution in [3.8, 4) is 17.1 Å². The van der Waals surface area contributed by atoms with Gasteiger partial charge in [0.05, 0.1) is 23.0 Å².